The molecule has 1 saturated carbocycles. The van der Waals surface area contributed by atoms with E-state index in [1.165, 1.54) is 0 Å². The molecule has 0 spiro atoms. The van der Waals surface area contributed by atoms with Crippen LogP contribution in [0, 0.1) is 5.92 Å². The van der Waals surface area contributed by atoms with E-state index in [1.54, 1.807) is 0 Å². The second-order valence-corrected chi connectivity index (χ2v) is 6.11. The lowest BCUT2D eigenvalue weighted by atomic mass is 9.83. The van der Waals surface area contributed by atoms with Crippen LogP contribution in [0.25, 0.3) is 0 Å². The summed E-state index contributed by atoms with van der Waals surface area (Å²) in [5.41, 5.74) is -0.439. The average Bonchev–Trinajstić information content (AvgIpc) is 2.25. The van der Waals surface area contributed by atoms with Crippen molar-refractivity contribution >= 4 is 12.4 Å². The molecule has 0 aliphatic heterocycles. The van der Waals surface area contributed by atoms with Gasteiger partial charge in [-0.05, 0) is 58.8 Å². The Morgan fingerprint density at radius 2 is 1.89 bits per heavy atom. The van der Waals surface area contributed by atoms with Gasteiger partial charge >= 0.3 is 6.09 Å². The molecule has 0 aromatic heterocycles. The van der Waals surface area contributed by atoms with Crippen LogP contribution in [-0.2, 0) is 9.53 Å². The lowest BCUT2D eigenvalue weighted by molar-refractivity contribution is -0.108. The lowest BCUT2D eigenvalue weighted by Crippen LogP contribution is -2.40. The number of hydrogen-bond donors (Lipinski definition) is 1. The molecule has 0 radical (unpaired) electrons. The Bertz CT molecular complexity index is 275. The Morgan fingerprint density at radius 1 is 1.28 bits per heavy atom. The lowest BCUT2D eigenvalue weighted by Gasteiger charge is -2.29. The first-order valence-corrected chi connectivity index (χ1v) is 6.84. The number of aldehydes is 1. The van der Waals surface area contributed by atoms with Crippen LogP contribution in [0.1, 0.15) is 59.3 Å². The molecule has 0 unspecified atom stereocenters. The van der Waals surface area contributed by atoms with Crippen LogP contribution in [-0.4, -0.2) is 24.0 Å². The van der Waals surface area contributed by atoms with Gasteiger partial charge < -0.3 is 14.8 Å². The highest BCUT2D eigenvalue weighted by Gasteiger charge is 2.24. The predicted molar refractivity (Wildman–Crippen MR) is 70.4 cm³/mol. The van der Waals surface area contributed by atoms with Gasteiger partial charge in [0, 0.05) is 12.5 Å². The van der Waals surface area contributed by atoms with Crippen LogP contribution >= 0.6 is 0 Å². The van der Waals surface area contributed by atoms with Gasteiger partial charge in [-0.15, -0.1) is 0 Å². The summed E-state index contributed by atoms with van der Waals surface area (Å²) in [5, 5.41) is 2.92. The summed E-state index contributed by atoms with van der Waals surface area (Å²) in [6, 6.07) is 0.229. The number of amides is 1. The number of ether oxygens (including phenoxy) is 1. The quantitative estimate of drug-likeness (QED) is 0.785. The first-order chi connectivity index (χ1) is 8.40. The van der Waals surface area contributed by atoms with Crippen molar-refractivity contribution in [1.29, 1.82) is 0 Å². The van der Waals surface area contributed by atoms with Crippen molar-refractivity contribution in [3.05, 3.63) is 0 Å². The topological polar surface area (TPSA) is 55.4 Å². The molecule has 0 aromatic rings. The van der Waals surface area contributed by atoms with Crippen LogP contribution in [0.15, 0.2) is 0 Å². The Kier molecular flexibility index (Phi) is 5.63. The Balaban J connectivity index is 2.23. The highest BCUT2D eigenvalue weighted by molar-refractivity contribution is 5.68. The first-order valence-electron chi connectivity index (χ1n) is 6.84. The SMILES string of the molecule is CC(C)(C)OC(=O)NC1CCC(CCC=O)CC1. The van der Waals surface area contributed by atoms with E-state index in [-0.39, 0.29) is 12.1 Å². The van der Waals surface area contributed by atoms with Gasteiger partial charge in [0.25, 0.3) is 0 Å². The zero-order valence-electron chi connectivity index (χ0n) is 11.7. The molecule has 18 heavy (non-hydrogen) atoms. The first kappa shape index (κ1) is 15.0. The fourth-order valence-corrected chi connectivity index (χ4v) is 2.37. The van der Waals surface area contributed by atoms with Crippen molar-refractivity contribution < 1.29 is 14.3 Å². The highest BCUT2D eigenvalue weighted by atomic mass is 16.6. The fraction of sp³-hybridized carbons (Fsp3) is 0.857. The highest BCUT2D eigenvalue weighted by Crippen LogP contribution is 2.27. The van der Waals surface area contributed by atoms with E-state index in [1.807, 2.05) is 20.8 Å². The third kappa shape index (κ3) is 6.03. The summed E-state index contributed by atoms with van der Waals surface area (Å²) in [7, 11) is 0. The normalized spacial score (nSPS) is 24.4. The summed E-state index contributed by atoms with van der Waals surface area (Å²) in [6.07, 6.45) is 6.48. The minimum Gasteiger partial charge on any atom is -0.444 e. The van der Waals surface area contributed by atoms with E-state index < -0.39 is 5.60 Å². The molecule has 0 atom stereocenters. The average molecular weight is 255 g/mol. The molecular weight excluding hydrogens is 230 g/mol. The minimum atomic E-state index is -0.439. The minimum absolute atomic E-state index is 0.229. The van der Waals surface area contributed by atoms with Crippen LogP contribution in [0.5, 0.6) is 0 Å². The molecule has 0 aromatic carbocycles. The van der Waals surface area contributed by atoms with Crippen molar-refractivity contribution in [2.24, 2.45) is 5.92 Å². The van der Waals surface area contributed by atoms with Gasteiger partial charge in [0.05, 0.1) is 0 Å². The van der Waals surface area contributed by atoms with Gasteiger partial charge in [0.15, 0.2) is 0 Å². The molecule has 0 bridgehead atoms. The van der Waals surface area contributed by atoms with Gasteiger partial charge in [-0.3, -0.25) is 0 Å². The number of alkyl carbamates (subject to hydrolysis) is 1. The van der Waals surface area contributed by atoms with Gasteiger partial charge in [-0.25, -0.2) is 4.79 Å². The maximum absolute atomic E-state index is 11.6. The summed E-state index contributed by atoms with van der Waals surface area (Å²) in [6.45, 7) is 5.59. The van der Waals surface area contributed by atoms with Crippen LogP contribution in [0.4, 0.5) is 4.79 Å². The third-order valence-corrected chi connectivity index (χ3v) is 3.26. The second kappa shape index (κ2) is 6.76. The molecule has 1 N–H and O–H groups in total. The molecule has 104 valence electrons. The molecule has 1 aliphatic carbocycles. The maximum atomic E-state index is 11.6. The Hall–Kier alpha value is -1.06. The molecule has 1 fully saturated rings. The van der Waals surface area contributed by atoms with E-state index in [0.29, 0.717) is 12.3 Å². The molecular formula is C14H25NO3. The maximum Gasteiger partial charge on any atom is 0.407 e. The van der Waals surface area contributed by atoms with Crippen LogP contribution in [0.3, 0.4) is 0 Å². The zero-order valence-corrected chi connectivity index (χ0v) is 11.7. The van der Waals surface area contributed by atoms with Gasteiger partial charge in [-0.2, -0.15) is 0 Å². The van der Waals surface area contributed by atoms with Crippen molar-refractivity contribution in [3.8, 4) is 0 Å². The largest absolute Gasteiger partial charge is 0.444 e. The predicted octanol–water partition coefficient (Wildman–Crippen LogP) is 3.05. The molecule has 1 rings (SSSR count). The number of carbonyl (C=O) groups excluding carboxylic acids is 2. The Labute approximate surface area is 109 Å². The fourth-order valence-electron chi connectivity index (χ4n) is 2.37. The second-order valence-electron chi connectivity index (χ2n) is 6.11. The van der Waals surface area contributed by atoms with Crippen molar-refractivity contribution in [3.63, 3.8) is 0 Å². The summed E-state index contributed by atoms with van der Waals surface area (Å²) in [5.74, 6) is 0.645. The molecule has 0 saturated heterocycles. The van der Waals surface area contributed by atoms with E-state index in [9.17, 15) is 9.59 Å². The number of nitrogens with one attached hydrogen (secondary N) is 1. The molecule has 0 heterocycles. The van der Waals surface area contributed by atoms with Crippen molar-refractivity contribution in [2.75, 3.05) is 0 Å². The van der Waals surface area contributed by atoms with Crippen LogP contribution < -0.4 is 5.32 Å². The smallest absolute Gasteiger partial charge is 0.407 e. The standard InChI is InChI=1S/C14H25NO3/c1-14(2,3)18-13(17)15-12-8-6-11(7-9-12)5-4-10-16/h10-12H,4-9H2,1-3H3,(H,15,17). The number of carbonyl (C=O) groups is 2. The monoisotopic (exact) mass is 255 g/mol. The van der Waals surface area contributed by atoms with Gasteiger partial charge in [0.2, 0.25) is 0 Å². The number of hydrogen-bond acceptors (Lipinski definition) is 3. The van der Waals surface area contributed by atoms with E-state index in [4.69, 9.17) is 4.74 Å². The molecule has 1 aliphatic rings. The van der Waals surface area contributed by atoms with Gasteiger partial charge in [0.1, 0.15) is 11.9 Å². The Morgan fingerprint density at radius 3 is 2.39 bits per heavy atom. The number of rotatable bonds is 4. The molecule has 4 nitrogen and oxygen atoms in total. The van der Waals surface area contributed by atoms with E-state index in [0.717, 1.165) is 38.4 Å². The summed E-state index contributed by atoms with van der Waals surface area (Å²) < 4.78 is 5.24. The molecule has 1 amide bonds. The molecule has 4 heteroatoms. The zero-order chi connectivity index (χ0) is 13.6. The van der Waals surface area contributed by atoms with E-state index >= 15 is 0 Å². The van der Waals surface area contributed by atoms with E-state index in [2.05, 4.69) is 5.32 Å². The van der Waals surface area contributed by atoms with Gasteiger partial charge in [-0.1, -0.05) is 0 Å². The summed E-state index contributed by atoms with van der Waals surface area (Å²) >= 11 is 0. The summed E-state index contributed by atoms with van der Waals surface area (Å²) in [4.78, 5) is 21.9. The van der Waals surface area contributed by atoms with Crippen molar-refractivity contribution in [2.45, 2.75) is 70.9 Å². The van der Waals surface area contributed by atoms with Crippen LogP contribution in [0.2, 0.25) is 0 Å². The van der Waals surface area contributed by atoms with Crippen molar-refractivity contribution in [1.82, 2.24) is 5.32 Å². The third-order valence-electron chi connectivity index (χ3n) is 3.26.